The number of alkyl carbamates (subject to hydrolysis) is 1. The highest BCUT2D eigenvalue weighted by Gasteiger charge is 2.29. The molecular weight excluding hydrogens is 301 g/mol. The van der Waals surface area contributed by atoms with Crippen molar-refractivity contribution in [2.45, 2.75) is 20.5 Å². The summed E-state index contributed by atoms with van der Waals surface area (Å²) >= 11 is 0. The normalized spacial score (nSPS) is 10.4. The van der Waals surface area contributed by atoms with Crippen molar-refractivity contribution in [3.63, 3.8) is 0 Å². The number of nitrogens with one attached hydrogen (secondary N) is 2. The molecule has 124 valence electrons. The molecule has 0 saturated heterocycles. The van der Waals surface area contributed by atoms with Crippen LogP contribution in [0.3, 0.4) is 0 Å². The van der Waals surface area contributed by atoms with Gasteiger partial charge >= 0.3 is 12.3 Å². The van der Waals surface area contributed by atoms with E-state index in [9.17, 15) is 22.8 Å². The summed E-state index contributed by atoms with van der Waals surface area (Å²) in [5.74, 6) is -0.333. The summed E-state index contributed by atoms with van der Waals surface area (Å²) in [6.07, 6.45) is -5.74. The first-order valence-electron chi connectivity index (χ1n) is 6.10. The van der Waals surface area contributed by atoms with Gasteiger partial charge in [-0.05, 0) is 19.1 Å². The van der Waals surface area contributed by atoms with Gasteiger partial charge in [0.05, 0.1) is 0 Å². The van der Waals surface area contributed by atoms with Crippen LogP contribution in [0, 0.1) is 6.92 Å². The lowest BCUT2D eigenvalue weighted by molar-refractivity contribution is -0.160. The Balaban J connectivity index is 0.00000441. The first-order valence-corrected chi connectivity index (χ1v) is 6.10. The molecule has 2 amide bonds. The van der Waals surface area contributed by atoms with E-state index in [1.54, 1.807) is 24.3 Å². The number of hydrogen-bond acceptors (Lipinski definition) is 3. The second-order valence-electron chi connectivity index (χ2n) is 4.24. The third-order valence-electron chi connectivity index (χ3n) is 2.36. The van der Waals surface area contributed by atoms with E-state index in [0.29, 0.717) is 5.56 Å². The molecule has 0 aromatic heterocycles. The predicted molar refractivity (Wildman–Crippen MR) is 75.6 cm³/mol. The van der Waals surface area contributed by atoms with E-state index in [1.165, 1.54) is 0 Å². The topological polar surface area (TPSA) is 67.4 Å². The molecule has 0 bridgehead atoms. The van der Waals surface area contributed by atoms with Crippen LogP contribution in [-0.4, -0.2) is 37.9 Å². The first-order chi connectivity index (χ1) is 9.78. The van der Waals surface area contributed by atoms with E-state index >= 15 is 0 Å². The maximum atomic E-state index is 11.8. The Morgan fingerprint density at radius 2 is 1.64 bits per heavy atom. The second-order valence-corrected chi connectivity index (χ2v) is 4.24. The quantitative estimate of drug-likeness (QED) is 0.820. The molecule has 0 aliphatic rings. The number of aryl methyl sites for hydroxylation is 1. The molecule has 0 atom stereocenters. The van der Waals surface area contributed by atoms with Crippen molar-refractivity contribution in [1.29, 1.82) is 0 Å². The molecule has 0 fully saturated rings. The maximum Gasteiger partial charge on any atom is 0.422 e. The molecule has 1 aromatic carbocycles. The molecule has 0 spiro atoms. The van der Waals surface area contributed by atoms with E-state index in [-0.39, 0.29) is 26.4 Å². The largest absolute Gasteiger partial charge is 0.440 e. The third kappa shape index (κ3) is 8.13. The van der Waals surface area contributed by atoms with E-state index in [2.05, 4.69) is 15.4 Å². The number of carbonyl (C=O) groups is 2. The lowest BCUT2D eigenvalue weighted by Gasteiger charge is -2.09. The molecule has 0 radical (unpaired) electrons. The average Bonchev–Trinajstić information content (AvgIpc) is 2.41. The number of benzene rings is 1. The van der Waals surface area contributed by atoms with Gasteiger partial charge in [0.15, 0.2) is 6.61 Å². The number of carbonyl (C=O) groups excluding carboxylic acids is 2. The van der Waals surface area contributed by atoms with Crippen molar-refractivity contribution < 1.29 is 27.5 Å². The van der Waals surface area contributed by atoms with Crippen molar-refractivity contribution in [2.75, 3.05) is 19.7 Å². The molecule has 0 unspecified atom stereocenters. The van der Waals surface area contributed by atoms with Gasteiger partial charge in [0.25, 0.3) is 5.91 Å². The van der Waals surface area contributed by atoms with Crippen LogP contribution in [0.2, 0.25) is 0 Å². The molecule has 5 nitrogen and oxygen atoms in total. The molecule has 1 rings (SSSR count). The Bertz CT molecular complexity index is 487. The highest BCUT2D eigenvalue weighted by Crippen LogP contribution is 2.14. The molecule has 2 N–H and O–H groups in total. The van der Waals surface area contributed by atoms with Gasteiger partial charge in [-0.1, -0.05) is 25.1 Å². The van der Waals surface area contributed by atoms with E-state index in [4.69, 9.17) is 0 Å². The second kappa shape index (κ2) is 8.91. The maximum absolute atomic E-state index is 11.8. The molecule has 8 heteroatoms. The van der Waals surface area contributed by atoms with Crippen LogP contribution >= 0.6 is 0 Å². The van der Waals surface area contributed by atoms with Gasteiger partial charge < -0.3 is 15.4 Å². The molecule has 0 aliphatic carbocycles. The predicted octanol–water partition coefficient (Wildman–Crippen LogP) is 2.65. The number of hydrogen-bond donors (Lipinski definition) is 2. The fraction of sp³-hybridized carbons (Fsp3) is 0.429. The number of ether oxygens (including phenoxy) is 1. The van der Waals surface area contributed by atoms with Crippen molar-refractivity contribution in [1.82, 2.24) is 10.6 Å². The van der Waals surface area contributed by atoms with E-state index in [1.807, 2.05) is 6.92 Å². The summed E-state index contributed by atoms with van der Waals surface area (Å²) in [4.78, 5) is 22.5. The Morgan fingerprint density at radius 1 is 1.09 bits per heavy atom. The van der Waals surface area contributed by atoms with Crippen LogP contribution in [0.5, 0.6) is 0 Å². The minimum atomic E-state index is -4.56. The number of amides is 2. The third-order valence-corrected chi connectivity index (χ3v) is 2.36. The summed E-state index contributed by atoms with van der Waals surface area (Å²) in [5, 5.41) is 4.61. The van der Waals surface area contributed by atoms with Gasteiger partial charge in [-0.2, -0.15) is 13.2 Å². The van der Waals surface area contributed by atoms with Crippen LogP contribution in [0.25, 0.3) is 0 Å². The fourth-order valence-electron chi connectivity index (χ4n) is 1.35. The monoisotopic (exact) mass is 320 g/mol. The zero-order chi connectivity index (χ0) is 15.9. The van der Waals surface area contributed by atoms with Crippen molar-refractivity contribution in [2.24, 2.45) is 0 Å². The molecule has 1 aromatic rings. The fourth-order valence-corrected chi connectivity index (χ4v) is 1.35. The minimum Gasteiger partial charge on any atom is -0.440 e. The van der Waals surface area contributed by atoms with Crippen molar-refractivity contribution in [3.8, 4) is 0 Å². The van der Waals surface area contributed by atoms with E-state index in [0.717, 1.165) is 5.56 Å². The molecule has 22 heavy (non-hydrogen) atoms. The Hall–Kier alpha value is -2.25. The van der Waals surface area contributed by atoms with E-state index < -0.39 is 18.9 Å². The minimum absolute atomic E-state index is 0. The Morgan fingerprint density at radius 3 is 2.18 bits per heavy atom. The number of alkyl halides is 3. The number of rotatable bonds is 5. The van der Waals surface area contributed by atoms with Gasteiger partial charge in [0.1, 0.15) is 0 Å². The Kier molecular flexibility index (Phi) is 8.00. The zero-order valence-electron chi connectivity index (χ0n) is 11.3. The molecule has 0 heterocycles. The highest BCUT2D eigenvalue weighted by molar-refractivity contribution is 5.94. The lowest BCUT2D eigenvalue weighted by atomic mass is 10.1. The first kappa shape index (κ1) is 19.8. The van der Waals surface area contributed by atoms with Gasteiger partial charge in [0, 0.05) is 18.7 Å². The van der Waals surface area contributed by atoms with Gasteiger partial charge in [-0.3, -0.25) is 4.79 Å². The highest BCUT2D eigenvalue weighted by atomic mass is 19.4. The summed E-state index contributed by atoms with van der Waals surface area (Å²) < 4.78 is 39.2. The Labute approximate surface area is 126 Å². The van der Waals surface area contributed by atoms with Crippen LogP contribution in [-0.2, 0) is 4.74 Å². The zero-order valence-corrected chi connectivity index (χ0v) is 11.3. The number of halogens is 3. The van der Waals surface area contributed by atoms with Crippen molar-refractivity contribution in [3.05, 3.63) is 35.4 Å². The van der Waals surface area contributed by atoms with Crippen LogP contribution in [0.4, 0.5) is 18.0 Å². The SMILES string of the molecule is C.Cc1ccc(C(=O)NCCNC(=O)OCC(F)(F)F)cc1. The van der Waals surface area contributed by atoms with Gasteiger partial charge in [-0.25, -0.2) is 4.79 Å². The van der Waals surface area contributed by atoms with Crippen LogP contribution < -0.4 is 10.6 Å². The molecule has 0 aliphatic heterocycles. The summed E-state index contributed by atoms with van der Waals surface area (Å²) in [5.41, 5.74) is 1.47. The molecular formula is C14H19F3N2O3. The average molecular weight is 320 g/mol. The summed E-state index contributed by atoms with van der Waals surface area (Å²) in [7, 11) is 0. The van der Waals surface area contributed by atoms with Crippen molar-refractivity contribution >= 4 is 12.0 Å². The van der Waals surface area contributed by atoms with Crippen LogP contribution in [0.15, 0.2) is 24.3 Å². The molecule has 0 saturated carbocycles. The smallest absolute Gasteiger partial charge is 0.422 e. The standard InChI is InChI=1S/C13H15F3N2O3.CH4/c1-9-2-4-10(5-3-9)11(19)17-6-7-18-12(20)21-8-13(14,15)16;/h2-5H,6-8H2,1H3,(H,17,19)(H,18,20);1H4. The summed E-state index contributed by atoms with van der Waals surface area (Å²) in [6.45, 7) is 0.287. The lowest BCUT2D eigenvalue weighted by Crippen LogP contribution is -2.36. The van der Waals surface area contributed by atoms with Crippen LogP contribution in [0.1, 0.15) is 23.3 Å². The summed E-state index contributed by atoms with van der Waals surface area (Å²) in [6, 6.07) is 6.86. The van der Waals surface area contributed by atoms with Gasteiger partial charge in [-0.15, -0.1) is 0 Å². The van der Waals surface area contributed by atoms with Gasteiger partial charge in [0.2, 0.25) is 0 Å².